The third-order valence-electron chi connectivity index (χ3n) is 5.57. The molecule has 0 radical (unpaired) electrons. The number of hydrogen-bond donors (Lipinski definition) is 0. The molecule has 0 N–H and O–H groups in total. The van der Waals surface area contributed by atoms with Crippen LogP contribution in [0.1, 0.15) is 27.7 Å². The minimum Gasteiger partial charge on any atom is -1.00 e. The monoisotopic (exact) mass is 512 g/mol. The van der Waals surface area contributed by atoms with E-state index in [1.165, 1.54) is 33.2 Å². The van der Waals surface area contributed by atoms with E-state index in [1.807, 2.05) is 24.5 Å². The van der Waals surface area contributed by atoms with E-state index in [9.17, 15) is 0 Å². The Morgan fingerprint density at radius 1 is 0.967 bits per heavy atom. The molecule has 1 aliphatic carbocycles. The zero-order valence-electron chi connectivity index (χ0n) is 17.6. The van der Waals surface area contributed by atoms with Crippen LogP contribution < -0.4 is 24.8 Å². The summed E-state index contributed by atoms with van der Waals surface area (Å²) >= 11 is 0. The largest absolute Gasteiger partial charge is 4.00 e. The molecule has 1 atom stereocenters. The number of allylic oxidation sites excluding steroid dienone is 4. The van der Waals surface area contributed by atoms with Crippen molar-refractivity contribution in [3.8, 4) is 5.69 Å². The first kappa shape index (κ1) is 26.5. The molecule has 1 unspecified atom stereocenters. The van der Waals surface area contributed by atoms with E-state index in [0.717, 1.165) is 11.0 Å². The fourth-order valence-electron chi connectivity index (χ4n) is 3.60. The van der Waals surface area contributed by atoms with Crippen molar-refractivity contribution in [1.82, 2.24) is 9.55 Å². The number of fused-ring (bicyclic) bond motifs is 2. The fraction of sp³-hybridized carbons (Fsp3) is 0.200. The van der Waals surface area contributed by atoms with Crippen LogP contribution in [0.3, 0.4) is 0 Å². The second-order valence-electron chi connectivity index (χ2n) is 7.24. The van der Waals surface area contributed by atoms with Crippen LogP contribution in [0.4, 0.5) is 0 Å². The number of para-hydroxylation sites is 2. The van der Waals surface area contributed by atoms with Crippen LogP contribution in [-0.2, 0) is 26.2 Å². The van der Waals surface area contributed by atoms with Gasteiger partial charge in [0, 0.05) is 0 Å². The Labute approximate surface area is 210 Å². The first-order valence-corrected chi connectivity index (χ1v) is 9.40. The van der Waals surface area contributed by atoms with E-state index in [-0.39, 0.29) is 51.0 Å². The predicted molar refractivity (Wildman–Crippen MR) is 114 cm³/mol. The van der Waals surface area contributed by atoms with Gasteiger partial charge in [-0.25, -0.2) is 10.6 Å². The summed E-state index contributed by atoms with van der Waals surface area (Å²) in [7, 11) is 0. The summed E-state index contributed by atoms with van der Waals surface area (Å²) in [5.74, 6) is 0.560. The van der Waals surface area contributed by atoms with Gasteiger partial charge < -0.3 is 29.4 Å². The first-order valence-electron chi connectivity index (χ1n) is 9.40. The molecule has 3 aromatic carbocycles. The minimum absolute atomic E-state index is 0. The van der Waals surface area contributed by atoms with Gasteiger partial charge in [0.2, 0.25) is 0 Å². The van der Waals surface area contributed by atoms with Crippen molar-refractivity contribution < 1.29 is 51.0 Å². The van der Waals surface area contributed by atoms with E-state index in [2.05, 4.69) is 85.8 Å². The molecular weight excluding hydrogens is 490 g/mol. The molecule has 4 aromatic rings. The van der Waals surface area contributed by atoms with Gasteiger partial charge in [-0.05, 0) is 17.8 Å². The van der Waals surface area contributed by atoms with Gasteiger partial charge in [-0.15, -0.1) is 48.0 Å². The van der Waals surface area contributed by atoms with Gasteiger partial charge in [0.15, 0.2) is 0 Å². The third-order valence-corrected chi connectivity index (χ3v) is 5.57. The maximum Gasteiger partial charge on any atom is 4.00 e. The van der Waals surface area contributed by atoms with E-state index in [1.54, 1.807) is 0 Å². The molecule has 2 nitrogen and oxygen atoms in total. The quantitative estimate of drug-likeness (QED) is 0.341. The number of imidazole rings is 1. The molecule has 0 amide bonds. The number of benzene rings is 2. The molecule has 152 valence electrons. The summed E-state index contributed by atoms with van der Waals surface area (Å²) < 4.78 is 2.13. The summed E-state index contributed by atoms with van der Waals surface area (Å²) in [5, 5.41) is 2.54. The van der Waals surface area contributed by atoms with Gasteiger partial charge in [0.25, 0.3) is 0 Å². The number of aromatic nitrogens is 2. The van der Waals surface area contributed by atoms with Gasteiger partial charge in [0.05, 0.1) is 17.4 Å². The Hall–Kier alpha value is -1.54. The van der Waals surface area contributed by atoms with E-state index >= 15 is 0 Å². The van der Waals surface area contributed by atoms with Gasteiger partial charge in [-0.2, -0.15) is 11.1 Å². The van der Waals surface area contributed by atoms with Gasteiger partial charge in [-0.1, -0.05) is 44.9 Å². The zero-order valence-corrected chi connectivity index (χ0v) is 21.5. The maximum absolute atomic E-state index is 4.43. The van der Waals surface area contributed by atoms with Crippen molar-refractivity contribution in [1.29, 1.82) is 0 Å². The standard InChI is InChI=1S/C16H11N2.C9H13.2ClH.Zr/c1-2-6-13-10-14(9-12(13)5-1)18-11-17-15-7-3-4-8-16(15)18;1-6-5-7(2)9(4)8(6)3;;;/h1-11H;6H,1-4H3;2*1H;/q2*-1;;;+4/p-2. The van der Waals surface area contributed by atoms with Crippen LogP contribution in [-0.4, -0.2) is 9.55 Å². The molecular formula is C25H24Cl2N2Zr. The molecule has 1 heterocycles. The predicted octanol–water partition coefficient (Wildman–Crippen LogP) is 0.625. The topological polar surface area (TPSA) is 17.8 Å². The van der Waals surface area contributed by atoms with Crippen LogP contribution in [0.2, 0.25) is 0 Å². The molecule has 1 aliphatic rings. The smallest absolute Gasteiger partial charge is 1.00 e. The van der Waals surface area contributed by atoms with Gasteiger partial charge in [-0.3, -0.25) is 6.08 Å². The fourth-order valence-corrected chi connectivity index (χ4v) is 3.60. The minimum atomic E-state index is 0. The van der Waals surface area contributed by atoms with Crippen molar-refractivity contribution in [2.24, 2.45) is 5.92 Å². The summed E-state index contributed by atoms with van der Waals surface area (Å²) in [6.45, 7) is 8.67. The summed E-state index contributed by atoms with van der Waals surface area (Å²) in [6, 6.07) is 21.0. The molecule has 30 heavy (non-hydrogen) atoms. The van der Waals surface area contributed by atoms with E-state index < -0.39 is 0 Å². The SMILES string of the molecule is CC1=[C-]C(C)C(C)=C1C.[Cl-].[Cl-].[Zr+4].c1ccc2[cH-]c(-n3cnc4ccccc43)cc2c1. The van der Waals surface area contributed by atoms with Crippen LogP contribution in [0.25, 0.3) is 27.5 Å². The Kier molecular flexibility index (Phi) is 9.88. The van der Waals surface area contributed by atoms with Gasteiger partial charge >= 0.3 is 26.2 Å². The maximum atomic E-state index is 4.43. The number of nitrogens with zero attached hydrogens (tertiary/aromatic N) is 2. The van der Waals surface area contributed by atoms with Crippen molar-refractivity contribution in [2.45, 2.75) is 27.7 Å². The number of rotatable bonds is 1. The molecule has 5 rings (SSSR count). The van der Waals surface area contributed by atoms with Gasteiger partial charge in [0.1, 0.15) is 0 Å². The molecule has 0 aliphatic heterocycles. The molecule has 0 fully saturated rings. The van der Waals surface area contributed by atoms with Crippen molar-refractivity contribution in [3.63, 3.8) is 0 Å². The van der Waals surface area contributed by atoms with Crippen LogP contribution >= 0.6 is 0 Å². The summed E-state index contributed by atoms with van der Waals surface area (Å²) in [6.07, 6.45) is 5.25. The summed E-state index contributed by atoms with van der Waals surface area (Å²) in [5.41, 5.74) is 7.59. The Balaban J connectivity index is 0.000000327. The number of hydrogen-bond acceptors (Lipinski definition) is 1. The molecule has 1 aromatic heterocycles. The summed E-state index contributed by atoms with van der Waals surface area (Å²) in [4.78, 5) is 4.43. The molecule has 0 bridgehead atoms. The Morgan fingerprint density at radius 3 is 2.23 bits per heavy atom. The Morgan fingerprint density at radius 2 is 1.63 bits per heavy atom. The molecule has 5 heteroatoms. The average Bonchev–Trinajstić information content (AvgIpc) is 3.35. The third kappa shape index (κ3) is 5.20. The normalized spacial score (nSPS) is 14.9. The van der Waals surface area contributed by atoms with E-state index in [4.69, 9.17) is 0 Å². The van der Waals surface area contributed by atoms with Crippen LogP contribution in [0.15, 0.2) is 83.7 Å². The van der Waals surface area contributed by atoms with E-state index in [0.29, 0.717) is 5.92 Å². The molecule has 0 saturated heterocycles. The Bertz CT molecular complexity index is 1150. The zero-order chi connectivity index (χ0) is 19.0. The van der Waals surface area contributed by atoms with Crippen LogP contribution in [0.5, 0.6) is 0 Å². The van der Waals surface area contributed by atoms with Crippen molar-refractivity contribution in [3.05, 3.63) is 89.8 Å². The van der Waals surface area contributed by atoms with Crippen LogP contribution in [0, 0.1) is 12.0 Å². The second kappa shape index (κ2) is 11.2. The van der Waals surface area contributed by atoms with Crippen molar-refractivity contribution >= 4 is 21.8 Å². The molecule has 0 saturated carbocycles. The average molecular weight is 515 g/mol. The second-order valence-corrected chi connectivity index (χ2v) is 7.24. The molecule has 0 spiro atoms. The van der Waals surface area contributed by atoms with Crippen molar-refractivity contribution in [2.75, 3.05) is 0 Å². The number of halogens is 2. The first-order chi connectivity index (χ1) is 13.0.